The summed E-state index contributed by atoms with van der Waals surface area (Å²) >= 11 is 6.93. The highest BCUT2D eigenvalue weighted by Gasteiger charge is 2.16. The first-order valence-corrected chi connectivity index (χ1v) is 6.72. The summed E-state index contributed by atoms with van der Waals surface area (Å²) < 4.78 is 1.75. The van der Waals surface area contributed by atoms with Crippen LogP contribution in [0.5, 0.6) is 0 Å². The fourth-order valence-electron chi connectivity index (χ4n) is 1.63. The van der Waals surface area contributed by atoms with E-state index in [0.29, 0.717) is 10.8 Å². The van der Waals surface area contributed by atoms with E-state index in [-0.39, 0.29) is 15.7 Å². The van der Waals surface area contributed by atoms with Gasteiger partial charge in [-0.3, -0.25) is 4.40 Å². The van der Waals surface area contributed by atoms with Gasteiger partial charge in [0.2, 0.25) is 5.16 Å². The van der Waals surface area contributed by atoms with Crippen LogP contribution in [0.3, 0.4) is 0 Å². The second kappa shape index (κ2) is 5.10. The molecule has 0 unspecified atom stereocenters. The Labute approximate surface area is 122 Å². The maximum absolute atomic E-state index is 11.2. The van der Waals surface area contributed by atoms with Gasteiger partial charge < -0.3 is 5.11 Å². The molecule has 0 saturated heterocycles. The number of hydrogen-bond acceptors (Lipinski definition) is 5. The Balaban J connectivity index is 2.07. The number of carbonyl (C=O) groups is 1. The number of nitrogens with zero attached hydrogens (tertiary/aromatic N) is 4. The number of fused-ring (bicyclic) bond motifs is 1. The highest BCUT2D eigenvalue weighted by Crippen LogP contribution is 2.29. The van der Waals surface area contributed by atoms with Crippen LogP contribution in [0.4, 0.5) is 0 Å². The third-order valence-corrected chi connectivity index (χ3v) is 3.70. The molecule has 0 spiro atoms. The van der Waals surface area contributed by atoms with Gasteiger partial charge in [0.1, 0.15) is 10.2 Å². The summed E-state index contributed by atoms with van der Waals surface area (Å²) in [7, 11) is 0. The highest BCUT2D eigenvalue weighted by atomic mass is 35.5. The van der Waals surface area contributed by atoms with Gasteiger partial charge in [-0.05, 0) is 36.0 Å². The second-order valence-electron chi connectivity index (χ2n) is 3.81. The van der Waals surface area contributed by atoms with Gasteiger partial charge >= 0.3 is 5.97 Å². The zero-order valence-electron chi connectivity index (χ0n) is 9.89. The quantitative estimate of drug-likeness (QED) is 0.749. The highest BCUT2D eigenvalue weighted by molar-refractivity contribution is 7.99. The van der Waals surface area contributed by atoms with E-state index in [4.69, 9.17) is 16.7 Å². The monoisotopic (exact) mass is 306 g/mol. The first kappa shape index (κ1) is 12.9. The van der Waals surface area contributed by atoms with E-state index in [1.807, 2.05) is 12.1 Å². The van der Waals surface area contributed by atoms with E-state index >= 15 is 0 Å². The summed E-state index contributed by atoms with van der Waals surface area (Å²) in [5.41, 5.74) is 0.751. The van der Waals surface area contributed by atoms with Crippen LogP contribution in [0, 0.1) is 0 Å². The normalized spacial score (nSPS) is 10.8. The second-order valence-corrected chi connectivity index (χ2v) is 5.15. The molecular formula is C12H7ClN4O2S. The van der Waals surface area contributed by atoms with Crippen LogP contribution < -0.4 is 0 Å². The minimum absolute atomic E-state index is 0.0760. The molecular weight excluding hydrogens is 300 g/mol. The molecule has 20 heavy (non-hydrogen) atoms. The Hall–Kier alpha value is -2.12. The summed E-state index contributed by atoms with van der Waals surface area (Å²) in [5, 5.41) is 18.2. The minimum Gasteiger partial charge on any atom is -0.478 e. The molecule has 0 saturated carbocycles. The maximum atomic E-state index is 11.2. The van der Waals surface area contributed by atoms with Crippen LogP contribution in [-0.4, -0.2) is 30.7 Å². The molecule has 0 bridgehead atoms. The first-order valence-electron chi connectivity index (χ1n) is 5.52. The Bertz CT molecular complexity index is 805. The Morgan fingerprint density at radius 3 is 2.90 bits per heavy atom. The number of carboxylic acid groups (broad SMARTS) is 1. The van der Waals surface area contributed by atoms with Crippen LogP contribution in [0.1, 0.15) is 10.4 Å². The van der Waals surface area contributed by atoms with Crippen molar-refractivity contribution in [2.45, 2.75) is 10.2 Å². The molecule has 0 amide bonds. The Morgan fingerprint density at radius 1 is 1.25 bits per heavy atom. The number of hydrogen-bond donors (Lipinski definition) is 1. The topological polar surface area (TPSA) is 80.4 Å². The van der Waals surface area contributed by atoms with E-state index in [0.717, 1.165) is 11.8 Å². The third-order valence-electron chi connectivity index (χ3n) is 2.53. The van der Waals surface area contributed by atoms with Gasteiger partial charge in [0.15, 0.2) is 5.65 Å². The number of halogens is 1. The van der Waals surface area contributed by atoms with Crippen molar-refractivity contribution in [2.24, 2.45) is 0 Å². The molecule has 0 aliphatic carbocycles. The van der Waals surface area contributed by atoms with Crippen molar-refractivity contribution >= 4 is 35.0 Å². The molecule has 3 heterocycles. The van der Waals surface area contributed by atoms with Crippen molar-refractivity contribution < 1.29 is 9.90 Å². The molecule has 100 valence electrons. The molecule has 0 fully saturated rings. The van der Waals surface area contributed by atoms with E-state index in [2.05, 4.69) is 15.2 Å². The van der Waals surface area contributed by atoms with Gasteiger partial charge in [-0.15, -0.1) is 10.2 Å². The lowest BCUT2D eigenvalue weighted by Gasteiger charge is -2.03. The van der Waals surface area contributed by atoms with Crippen LogP contribution in [-0.2, 0) is 0 Å². The van der Waals surface area contributed by atoms with Crippen molar-refractivity contribution in [3.8, 4) is 0 Å². The fourth-order valence-corrected chi connectivity index (χ4v) is 2.75. The number of aromatic nitrogens is 4. The van der Waals surface area contributed by atoms with Crippen molar-refractivity contribution in [2.75, 3.05) is 0 Å². The summed E-state index contributed by atoms with van der Waals surface area (Å²) in [6.45, 7) is 0. The molecule has 0 aliphatic rings. The zero-order chi connectivity index (χ0) is 14.1. The van der Waals surface area contributed by atoms with E-state index < -0.39 is 5.97 Å². The molecule has 3 aromatic rings. The van der Waals surface area contributed by atoms with E-state index in [1.165, 1.54) is 12.1 Å². The predicted molar refractivity (Wildman–Crippen MR) is 73.3 cm³/mol. The lowest BCUT2D eigenvalue weighted by Crippen LogP contribution is -2.01. The van der Waals surface area contributed by atoms with Gasteiger partial charge in [-0.2, -0.15) is 0 Å². The van der Waals surface area contributed by atoms with E-state index in [9.17, 15) is 4.79 Å². The SMILES string of the molecule is O=C(O)c1ccc(Cl)nc1Sc1nnc2ccccn12. The van der Waals surface area contributed by atoms with Crippen LogP contribution >= 0.6 is 23.4 Å². The average Bonchev–Trinajstić information content (AvgIpc) is 2.82. The smallest absolute Gasteiger partial charge is 0.338 e. The Morgan fingerprint density at radius 2 is 2.10 bits per heavy atom. The van der Waals surface area contributed by atoms with Crippen molar-refractivity contribution in [3.05, 3.63) is 47.2 Å². The zero-order valence-corrected chi connectivity index (χ0v) is 11.5. The summed E-state index contributed by atoms with van der Waals surface area (Å²) in [4.78, 5) is 15.2. The third kappa shape index (κ3) is 2.33. The molecule has 8 heteroatoms. The number of carboxylic acids is 1. The Kier molecular flexibility index (Phi) is 3.29. The summed E-state index contributed by atoms with van der Waals surface area (Å²) in [6, 6.07) is 8.35. The van der Waals surface area contributed by atoms with Crippen LogP contribution in [0.15, 0.2) is 46.7 Å². The molecule has 3 rings (SSSR count). The summed E-state index contributed by atoms with van der Waals surface area (Å²) in [6.07, 6.45) is 1.79. The molecule has 0 aromatic carbocycles. The van der Waals surface area contributed by atoms with Gasteiger partial charge in [-0.25, -0.2) is 9.78 Å². The molecule has 0 atom stereocenters. The van der Waals surface area contributed by atoms with Crippen LogP contribution in [0.2, 0.25) is 5.15 Å². The summed E-state index contributed by atoms with van der Waals surface area (Å²) in [5.74, 6) is -1.06. The molecule has 1 N–H and O–H groups in total. The fraction of sp³-hybridized carbons (Fsp3) is 0. The lowest BCUT2D eigenvalue weighted by atomic mass is 10.3. The van der Waals surface area contributed by atoms with Gasteiger partial charge in [0.25, 0.3) is 0 Å². The van der Waals surface area contributed by atoms with Gasteiger partial charge in [0, 0.05) is 6.20 Å². The molecule has 3 aromatic heterocycles. The van der Waals surface area contributed by atoms with Crippen molar-refractivity contribution in [3.63, 3.8) is 0 Å². The molecule has 6 nitrogen and oxygen atoms in total. The average molecular weight is 307 g/mol. The van der Waals surface area contributed by atoms with E-state index in [1.54, 1.807) is 16.7 Å². The number of aromatic carboxylic acids is 1. The predicted octanol–water partition coefficient (Wildman–Crippen LogP) is 2.63. The maximum Gasteiger partial charge on any atom is 0.338 e. The lowest BCUT2D eigenvalue weighted by molar-refractivity contribution is 0.0692. The van der Waals surface area contributed by atoms with Crippen molar-refractivity contribution in [1.29, 1.82) is 0 Å². The number of pyridine rings is 2. The molecule has 0 radical (unpaired) electrons. The first-order chi connectivity index (χ1) is 9.65. The number of rotatable bonds is 3. The van der Waals surface area contributed by atoms with Gasteiger partial charge in [-0.1, -0.05) is 17.7 Å². The largest absolute Gasteiger partial charge is 0.478 e. The van der Waals surface area contributed by atoms with Crippen molar-refractivity contribution in [1.82, 2.24) is 19.6 Å². The minimum atomic E-state index is -1.06. The van der Waals surface area contributed by atoms with Gasteiger partial charge in [0.05, 0.1) is 5.56 Å². The molecule has 0 aliphatic heterocycles. The van der Waals surface area contributed by atoms with Crippen LogP contribution in [0.25, 0.3) is 5.65 Å². The standard InChI is InChI=1S/C12H7ClN4O2S/c13-8-5-4-7(11(18)19)10(14-8)20-12-16-15-9-3-1-2-6-17(9)12/h1-6H,(H,18,19).